The molecule has 0 aromatic heterocycles. The first-order chi connectivity index (χ1) is 17.8. The van der Waals surface area contributed by atoms with Crippen LogP contribution in [0.1, 0.15) is 49.7 Å². The van der Waals surface area contributed by atoms with Crippen molar-refractivity contribution in [2.75, 3.05) is 28.4 Å². The summed E-state index contributed by atoms with van der Waals surface area (Å²) in [5, 5.41) is 0. The van der Waals surface area contributed by atoms with Gasteiger partial charge in [-0.25, -0.2) is 4.39 Å². The molecule has 0 unspecified atom stereocenters. The Balaban J connectivity index is 1.87. The lowest BCUT2D eigenvalue weighted by atomic mass is 9.78. The minimum absolute atomic E-state index is 0.0180. The maximum absolute atomic E-state index is 16.4. The van der Waals surface area contributed by atoms with Crippen molar-refractivity contribution in [2.24, 2.45) is 5.92 Å². The van der Waals surface area contributed by atoms with Crippen molar-refractivity contribution in [1.82, 2.24) is 0 Å². The normalized spacial score (nSPS) is 14.6. The maximum atomic E-state index is 16.4. The van der Waals surface area contributed by atoms with Crippen LogP contribution in [0.4, 0.5) is 4.39 Å². The molecule has 0 bridgehead atoms. The van der Waals surface area contributed by atoms with Crippen LogP contribution < -0.4 is 18.9 Å². The summed E-state index contributed by atoms with van der Waals surface area (Å²) in [6.07, 6.45) is 9.82. The van der Waals surface area contributed by atoms with E-state index in [1.807, 2.05) is 0 Å². The average Bonchev–Trinajstić information content (AvgIpc) is 2.94. The van der Waals surface area contributed by atoms with Crippen molar-refractivity contribution in [3.63, 3.8) is 0 Å². The highest BCUT2D eigenvalue weighted by molar-refractivity contribution is 6.20. The van der Waals surface area contributed by atoms with Gasteiger partial charge in [-0.05, 0) is 59.9 Å². The minimum atomic E-state index is -2.65. The molecule has 7 heteroatoms. The summed E-state index contributed by atoms with van der Waals surface area (Å²) < 4.78 is 37.5. The lowest BCUT2D eigenvalue weighted by Gasteiger charge is -2.28. The molecule has 198 valence electrons. The molecule has 0 saturated heterocycles. The van der Waals surface area contributed by atoms with E-state index in [9.17, 15) is 9.59 Å². The van der Waals surface area contributed by atoms with Gasteiger partial charge < -0.3 is 18.9 Å². The molecule has 1 aliphatic carbocycles. The number of carbonyl (C=O) groups is 2. The molecule has 1 saturated carbocycles. The first kappa shape index (κ1) is 28.0. The Morgan fingerprint density at radius 2 is 1.19 bits per heavy atom. The first-order valence-corrected chi connectivity index (χ1v) is 12.4. The molecule has 0 N–H and O–H groups in total. The third kappa shape index (κ3) is 7.00. The number of ketones is 2. The molecule has 0 radical (unpaired) electrons. The van der Waals surface area contributed by atoms with Crippen LogP contribution in [0, 0.1) is 5.92 Å². The number of benzene rings is 2. The zero-order valence-corrected chi connectivity index (χ0v) is 21.9. The van der Waals surface area contributed by atoms with Crippen LogP contribution in [0.2, 0.25) is 0 Å². The van der Waals surface area contributed by atoms with E-state index in [4.69, 9.17) is 18.9 Å². The predicted octanol–water partition coefficient (Wildman–Crippen LogP) is 6.26. The molecule has 2 aromatic carbocycles. The van der Waals surface area contributed by atoms with Gasteiger partial charge in [-0.1, -0.05) is 56.4 Å². The second kappa shape index (κ2) is 13.1. The average molecular weight is 511 g/mol. The first-order valence-electron chi connectivity index (χ1n) is 12.4. The van der Waals surface area contributed by atoms with E-state index < -0.39 is 17.2 Å². The zero-order valence-electron chi connectivity index (χ0n) is 21.9. The summed E-state index contributed by atoms with van der Waals surface area (Å²) in [6, 6.07) is 10.2. The van der Waals surface area contributed by atoms with Crippen molar-refractivity contribution in [3.8, 4) is 23.0 Å². The third-order valence-electron chi connectivity index (χ3n) is 6.75. The van der Waals surface area contributed by atoms with Crippen LogP contribution in [-0.2, 0) is 9.59 Å². The zero-order chi connectivity index (χ0) is 26.8. The Morgan fingerprint density at radius 3 is 1.59 bits per heavy atom. The Kier molecular flexibility index (Phi) is 9.89. The second-order valence-electron chi connectivity index (χ2n) is 9.13. The molecular formula is C30H35FO6. The summed E-state index contributed by atoms with van der Waals surface area (Å²) in [4.78, 5) is 26.4. The van der Waals surface area contributed by atoms with Crippen molar-refractivity contribution >= 4 is 23.7 Å². The van der Waals surface area contributed by atoms with Crippen LogP contribution in [0.3, 0.4) is 0 Å². The van der Waals surface area contributed by atoms with Gasteiger partial charge in [-0.3, -0.25) is 9.59 Å². The molecule has 0 aliphatic heterocycles. The Hall–Kier alpha value is -3.61. The molecule has 0 atom stereocenters. The minimum Gasteiger partial charge on any atom is -0.493 e. The van der Waals surface area contributed by atoms with Gasteiger partial charge in [0.05, 0.1) is 28.4 Å². The van der Waals surface area contributed by atoms with E-state index in [-0.39, 0.29) is 12.3 Å². The molecule has 0 spiro atoms. The van der Waals surface area contributed by atoms with Crippen molar-refractivity contribution in [2.45, 2.75) is 44.2 Å². The summed E-state index contributed by atoms with van der Waals surface area (Å²) >= 11 is 0. The molecule has 1 aliphatic rings. The van der Waals surface area contributed by atoms with Gasteiger partial charge in [0.15, 0.2) is 23.0 Å². The number of rotatable bonds is 12. The molecule has 0 heterocycles. The fraction of sp³-hybridized carbons (Fsp3) is 0.400. The highest BCUT2D eigenvalue weighted by Crippen LogP contribution is 2.35. The summed E-state index contributed by atoms with van der Waals surface area (Å²) in [6.45, 7) is 0. The second-order valence-corrected chi connectivity index (χ2v) is 9.13. The number of alkyl halides is 1. The Morgan fingerprint density at radius 1 is 0.757 bits per heavy atom. The maximum Gasteiger partial charge on any atom is 0.234 e. The van der Waals surface area contributed by atoms with Crippen LogP contribution in [0.15, 0.2) is 48.6 Å². The van der Waals surface area contributed by atoms with Crippen LogP contribution in [0.5, 0.6) is 23.0 Å². The van der Waals surface area contributed by atoms with Gasteiger partial charge in [-0.2, -0.15) is 0 Å². The van der Waals surface area contributed by atoms with Gasteiger partial charge in [0.25, 0.3) is 0 Å². The van der Waals surface area contributed by atoms with E-state index in [1.165, 1.54) is 40.6 Å². The van der Waals surface area contributed by atoms with E-state index in [0.29, 0.717) is 34.1 Å². The van der Waals surface area contributed by atoms with Gasteiger partial charge >= 0.3 is 0 Å². The number of carbonyl (C=O) groups excluding carboxylic acids is 2. The lowest BCUT2D eigenvalue weighted by Crippen LogP contribution is -2.42. The quantitative estimate of drug-likeness (QED) is 0.248. The highest BCUT2D eigenvalue weighted by atomic mass is 19.1. The fourth-order valence-corrected chi connectivity index (χ4v) is 4.63. The van der Waals surface area contributed by atoms with Crippen LogP contribution >= 0.6 is 0 Å². The topological polar surface area (TPSA) is 71.1 Å². The number of hydrogen-bond acceptors (Lipinski definition) is 6. The molecule has 37 heavy (non-hydrogen) atoms. The number of halogens is 1. The molecule has 3 rings (SSSR count). The van der Waals surface area contributed by atoms with Crippen LogP contribution in [0.25, 0.3) is 12.2 Å². The highest BCUT2D eigenvalue weighted by Gasteiger charge is 2.45. The number of methoxy groups -OCH3 is 4. The standard InChI is InChI=1S/C30H35FO6/c1-34-24-14-10-21(18-26(24)36-3)12-16-28(32)30(31,20-23-8-6-5-7-9-23)29(33)17-13-22-11-15-25(35-2)27(19-22)37-4/h10-19,23H,5-9,20H2,1-4H3/b16-12+,17-13+. The van der Waals surface area contributed by atoms with Crippen molar-refractivity contribution in [3.05, 3.63) is 59.7 Å². The smallest absolute Gasteiger partial charge is 0.234 e. The molecule has 6 nitrogen and oxygen atoms in total. The van der Waals surface area contributed by atoms with E-state index in [0.717, 1.165) is 44.3 Å². The third-order valence-corrected chi connectivity index (χ3v) is 6.75. The monoisotopic (exact) mass is 510 g/mol. The van der Waals surface area contributed by atoms with Crippen molar-refractivity contribution in [1.29, 1.82) is 0 Å². The van der Waals surface area contributed by atoms with Gasteiger partial charge in [0, 0.05) is 0 Å². The fourth-order valence-electron chi connectivity index (χ4n) is 4.63. The Bertz CT molecular complexity index is 1070. The van der Waals surface area contributed by atoms with Crippen molar-refractivity contribution < 1.29 is 32.9 Å². The van der Waals surface area contributed by atoms with E-state index >= 15 is 4.39 Å². The summed E-state index contributed by atoms with van der Waals surface area (Å²) in [7, 11) is 6.08. The Labute approximate surface area is 218 Å². The molecule has 2 aromatic rings. The lowest BCUT2D eigenvalue weighted by molar-refractivity contribution is -0.138. The van der Waals surface area contributed by atoms with Gasteiger partial charge in [0.2, 0.25) is 17.2 Å². The van der Waals surface area contributed by atoms with E-state index in [2.05, 4.69) is 0 Å². The van der Waals surface area contributed by atoms with Gasteiger partial charge in [-0.15, -0.1) is 0 Å². The van der Waals surface area contributed by atoms with E-state index in [1.54, 1.807) is 36.4 Å². The number of hydrogen-bond donors (Lipinski definition) is 0. The SMILES string of the molecule is COc1ccc(/C=C/C(=O)C(F)(CC2CCCCC2)C(=O)/C=C/c2ccc(OC)c(OC)c2)cc1OC. The summed E-state index contributed by atoms with van der Waals surface area (Å²) in [5.41, 5.74) is -1.40. The predicted molar refractivity (Wildman–Crippen MR) is 142 cm³/mol. The molecule has 1 fully saturated rings. The molecule has 0 amide bonds. The van der Waals surface area contributed by atoms with Gasteiger partial charge in [0.1, 0.15) is 0 Å². The largest absolute Gasteiger partial charge is 0.493 e. The number of ether oxygens (including phenoxy) is 4. The summed E-state index contributed by atoms with van der Waals surface area (Å²) in [5.74, 6) is 0.303. The number of allylic oxidation sites excluding steroid dienone is 2. The van der Waals surface area contributed by atoms with Crippen LogP contribution in [-0.4, -0.2) is 45.7 Å². The molecular weight excluding hydrogens is 475 g/mol.